The molecule has 35 heavy (non-hydrogen) atoms. The zero-order valence-electron chi connectivity index (χ0n) is 19.2. The molecule has 1 N–H and O–H groups in total. The fourth-order valence-corrected chi connectivity index (χ4v) is 6.27. The first-order chi connectivity index (χ1) is 16.9. The predicted molar refractivity (Wildman–Crippen MR) is 139 cm³/mol. The van der Waals surface area contributed by atoms with Gasteiger partial charge < -0.3 is 9.80 Å². The molecule has 1 aliphatic heterocycles. The summed E-state index contributed by atoms with van der Waals surface area (Å²) in [6, 6.07) is 15.2. The summed E-state index contributed by atoms with van der Waals surface area (Å²) in [6.07, 6.45) is 4.34. The van der Waals surface area contributed by atoms with Gasteiger partial charge in [0.25, 0.3) is 15.9 Å². The smallest absolute Gasteiger partial charge is 0.264 e. The lowest BCUT2D eigenvalue weighted by molar-refractivity contribution is 0.0767. The molecule has 1 saturated heterocycles. The van der Waals surface area contributed by atoms with Crippen LogP contribution in [0.25, 0.3) is 10.9 Å². The maximum atomic E-state index is 13.1. The predicted octanol–water partition coefficient (Wildman–Crippen LogP) is 4.15. The maximum absolute atomic E-state index is 13.1. The molecule has 2 aromatic carbocycles. The van der Waals surface area contributed by atoms with Crippen LogP contribution in [0.3, 0.4) is 0 Å². The van der Waals surface area contributed by atoms with Crippen molar-refractivity contribution in [3.63, 3.8) is 0 Å². The van der Waals surface area contributed by atoms with Crippen LogP contribution in [0.4, 0.5) is 10.7 Å². The van der Waals surface area contributed by atoms with Gasteiger partial charge in [-0.1, -0.05) is 18.2 Å². The Hall–Kier alpha value is -3.50. The van der Waals surface area contributed by atoms with Crippen LogP contribution in [0, 0.1) is 6.92 Å². The lowest BCUT2D eigenvalue weighted by atomic mass is 10.2. The topological polar surface area (TPSA) is 95.5 Å². The zero-order valence-corrected chi connectivity index (χ0v) is 20.8. The van der Waals surface area contributed by atoms with Gasteiger partial charge in [0.05, 0.1) is 16.7 Å². The number of hydrogen-bond donors (Lipinski definition) is 1. The number of hydrogen-bond acceptors (Lipinski definition) is 7. The van der Waals surface area contributed by atoms with Gasteiger partial charge in [-0.25, -0.2) is 13.4 Å². The minimum Gasteiger partial charge on any atom is -0.360 e. The first-order valence-corrected chi connectivity index (χ1v) is 13.6. The second kappa shape index (κ2) is 9.63. The van der Waals surface area contributed by atoms with Crippen molar-refractivity contribution in [2.24, 2.45) is 0 Å². The van der Waals surface area contributed by atoms with Crippen LogP contribution >= 0.6 is 11.3 Å². The first kappa shape index (κ1) is 23.3. The molecule has 2 aromatic heterocycles. The summed E-state index contributed by atoms with van der Waals surface area (Å²) >= 11 is 1.67. The van der Waals surface area contributed by atoms with Crippen LogP contribution < -0.4 is 9.62 Å². The lowest BCUT2D eigenvalue weighted by Gasteiger charge is -2.22. The molecule has 1 fully saturated rings. The molecular formula is C25H25N5O3S2. The number of aryl methyl sites for hydroxylation is 1. The number of thiazole rings is 1. The number of para-hydroxylation sites is 1. The van der Waals surface area contributed by atoms with Crippen molar-refractivity contribution in [3.05, 3.63) is 77.6 Å². The number of rotatable bonds is 5. The number of carbonyl (C=O) groups excluding carboxylic acids is 1. The standard InChI is InChI=1S/C25H25N5O3S2/c1-18-27-17-23(34-18)29-13-4-14-30(16-15-29)25(31)20-8-10-21(11-9-20)28-35(32,33)22-7-2-5-19-6-3-12-26-24(19)22/h2-3,5-12,17,28H,4,13-16H2,1H3. The lowest BCUT2D eigenvalue weighted by Crippen LogP contribution is -2.35. The summed E-state index contributed by atoms with van der Waals surface area (Å²) in [4.78, 5) is 25.9. The van der Waals surface area contributed by atoms with E-state index in [1.54, 1.807) is 53.9 Å². The highest BCUT2D eigenvalue weighted by Gasteiger charge is 2.22. The molecule has 1 aliphatic rings. The number of aromatic nitrogens is 2. The molecule has 180 valence electrons. The number of fused-ring (bicyclic) bond motifs is 1. The van der Waals surface area contributed by atoms with Crippen LogP contribution in [0.1, 0.15) is 21.8 Å². The van der Waals surface area contributed by atoms with Gasteiger partial charge in [-0.3, -0.25) is 14.5 Å². The third-order valence-corrected chi connectivity index (χ3v) is 8.36. The fraction of sp³-hybridized carbons (Fsp3) is 0.240. The summed E-state index contributed by atoms with van der Waals surface area (Å²) in [5.74, 6) is -0.0556. The maximum Gasteiger partial charge on any atom is 0.264 e. The summed E-state index contributed by atoms with van der Waals surface area (Å²) < 4.78 is 28.7. The van der Waals surface area contributed by atoms with Gasteiger partial charge in [0, 0.05) is 49.0 Å². The van der Waals surface area contributed by atoms with E-state index in [0.717, 1.165) is 34.9 Å². The van der Waals surface area contributed by atoms with E-state index in [1.165, 1.54) is 6.07 Å². The van der Waals surface area contributed by atoms with Crippen molar-refractivity contribution >= 4 is 48.9 Å². The number of nitrogens with zero attached hydrogens (tertiary/aromatic N) is 4. The quantitative estimate of drug-likeness (QED) is 0.436. The van der Waals surface area contributed by atoms with E-state index in [1.807, 2.05) is 30.2 Å². The van der Waals surface area contributed by atoms with Crippen LogP contribution in [0.2, 0.25) is 0 Å². The number of anilines is 2. The van der Waals surface area contributed by atoms with Gasteiger partial charge in [0.2, 0.25) is 0 Å². The normalized spacial score (nSPS) is 14.7. The molecule has 3 heterocycles. The van der Waals surface area contributed by atoms with Crippen molar-refractivity contribution in [3.8, 4) is 0 Å². The molecule has 0 radical (unpaired) electrons. The van der Waals surface area contributed by atoms with Crippen LogP contribution in [-0.2, 0) is 10.0 Å². The van der Waals surface area contributed by atoms with E-state index in [2.05, 4.69) is 19.6 Å². The van der Waals surface area contributed by atoms with Crippen molar-refractivity contribution in [1.29, 1.82) is 0 Å². The van der Waals surface area contributed by atoms with E-state index in [9.17, 15) is 13.2 Å². The Morgan fingerprint density at radius 3 is 2.54 bits per heavy atom. The summed E-state index contributed by atoms with van der Waals surface area (Å²) in [5, 5.41) is 2.91. The van der Waals surface area contributed by atoms with Gasteiger partial charge in [0.1, 0.15) is 9.90 Å². The highest BCUT2D eigenvalue weighted by molar-refractivity contribution is 7.93. The number of nitrogens with one attached hydrogen (secondary N) is 1. The van der Waals surface area contributed by atoms with E-state index < -0.39 is 10.0 Å². The number of pyridine rings is 1. The third kappa shape index (κ3) is 4.98. The second-order valence-electron chi connectivity index (χ2n) is 8.36. The molecule has 10 heteroatoms. The third-order valence-electron chi connectivity index (χ3n) is 5.97. The molecule has 0 unspecified atom stereocenters. The molecule has 0 bridgehead atoms. The SMILES string of the molecule is Cc1ncc(N2CCCN(C(=O)c3ccc(NS(=O)(=O)c4cccc5cccnc45)cc3)CC2)s1. The molecular weight excluding hydrogens is 482 g/mol. The first-order valence-electron chi connectivity index (χ1n) is 11.3. The van der Waals surface area contributed by atoms with E-state index >= 15 is 0 Å². The molecule has 0 atom stereocenters. The van der Waals surface area contributed by atoms with Crippen molar-refractivity contribution in [2.75, 3.05) is 35.8 Å². The second-order valence-corrected chi connectivity index (χ2v) is 11.2. The van der Waals surface area contributed by atoms with E-state index in [0.29, 0.717) is 29.9 Å². The number of benzene rings is 2. The average Bonchev–Trinajstić information content (AvgIpc) is 3.15. The zero-order chi connectivity index (χ0) is 24.4. The van der Waals surface area contributed by atoms with E-state index in [4.69, 9.17) is 0 Å². The van der Waals surface area contributed by atoms with Crippen molar-refractivity contribution in [2.45, 2.75) is 18.2 Å². The largest absolute Gasteiger partial charge is 0.360 e. The summed E-state index contributed by atoms with van der Waals surface area (Å²) in [6.45, 7) is 4.93. The average molecular weight is 508 g/mol. The Kier molecular flexibility index (Phi) is 6.40. The Balaban J connectivity index is 1.27. The molecule has 0 aliphatic carbocycles. The molecule has 8 nitrogen and oxygen atoms in total. The number of amides is 1. The van der Waals surface area contributed by atoms with Crippen LogP contribution in [0.15, 0.2) is 71.9 Å². The Labute approximate surface area is 208 Å². The minimum atomic E-state index is -3.85. The molecule has 1 amide bonds. The Morgan fingerprint density at radius 1 is 0.971 bits per heavy atom. The fourth-order valence-electron chi connectivity index (χ4n) is 4.20. The van der Waals surface area contributed by atoms with Gasteiger partial charge in [0.15, 0.2) is 0 Å². The highest BCUT2D eigenvalue weighted by atomic mass is 32.2. The van der Waals surface area contributed by atoms with Gasteiger partial charge in [-0.05, 0) is 49.7 Å². The number of carbonyl (C=O) groups is 1. The minimum absolute atomic E-state index is 0.0556. The number of sulfonamides is 1. The van der Waals surface area contributed by atoms with Gasteiger partial charge in [-0.15, -0.1) is 11.3 Å². The van der Waals surface area contributed by atoms with Gasteiger partial charge >= 0.3 is 0 Å². The Morgan fingerprint density at radius 2 is 1.77 bits per heavy atom. The van der Waals surface area contributed by atoms with E-state index in [-0.39, 0.29) is 10.8 Å². The monoisotopic (exact) mass is 507 g/mol. The van der Waals surface area contributed by atoms with Crippen LogP contribution in [0.5, 0.6) is 0 Å². The van der Waals surface area contributed by atoms with Gasteiger partial charge in [-0.2, -0.15) is 0 Å². The van der Waals surface area contributed by atoms with Crippen molar-refractivity contribution in [1.82, 2.24) is 14.9 Å². The van der Waals surface area contributed by atoms with Crippen LogP contribution in [-0.4, -0.2) is 55.4 Å². The summed E-state index contributed by atoms with van der Waals surface area (Å²) in [7, 11) is -3.85. The highest BCUT2D eigenvalue weighted by Crippen LogP contribution is 2.25. The molecule has 5 rings (SSSR count). The molecule has 0 saturated carbocycles. The molecule has 0 spiro atoms. The summed E-state index contributed by atoms with van der Waals surface area (Å²) in [5.41, 5.74) is 1.33. The Bertz CT molecular complexity index is 1460. The molecule has 4 aromatic rings. The van der Waals surface area contributed by atoms with Crippen molar-refractivity contribution < 1.29 is 13.2 Å².